The largest absolute Gasteiger partial charge is 0.480 e. The van der Waals surface area contributed by atoms with E-state index < -0.39 is 24.0 Å². The Hall–Kier alpha value is -2.89. The van der Waals surface area contributed by atoms with Crippen molar-refractivity contribution in [2.45, 2.75) is 44.2 Å². The number of likely N-dealkylation sites (N-methyl/N-ethyl adjacent to an activating group) is 1. The number of nitrogens with two attached hydrogens (primary N) is 1. The molecular weight excluding hydrogens is 534 g/mol. The number of amides is 3. The number of aliphatic carboxylic acids is 2. The molecule has 0 rings (SSSR count). The molecule has 16 nitrogen and oxygen atoms in total. The van der Waals surface area contributed by atoms with E-state index in [1.807, 2.05) is 0 Å². The zero-order valence-electron chi connectivity index (χ0n) is 23.1. The summed E-state index contributed by atoms with van der Waals surface area (Å²) in [6.07, 6.45) is 1.85. The summed E-state index contributed by atoms with van der Waals surface area (Å²) >= 11 is 0. The summed E-state index contributed by atoms with van der Waals surface area (Å²) in [5, 5.41) is 28.1. The van der Waals surface area contributed by atoms with Crippen LogP contribution in [0, 0.1) is 0 Å². The first kappa shape index (κ1) is 37.1. The maximum absolute atomic E-state index is 11.7. The van der Waals surface area contributed by atoms with E-state index in [-0.39, 0.29) is 96.5 Å². The van der Waals surface area contributed by atoms with Crippen LogP contribution in [-0.2, 0) is 42.9 Å². The van der Waals surface area contributed by atoms with Crippen molar-refractivity contribution in [1.29, 1.82) is 0 Å². The minimum absolute atomic E-state index is 0.0886. The molecule has 0 unspecified atom stereocenters. The SMILES string of the molecule is CN[C@@H](CCC(=O)NCCOCCOCC(=O)NCCOCCOCC(=O)NCCCC[C@H](N)C(=O)O)C(=O)O. The van der Waals surface area contributed by atoms with Crippen LogP contribution in [0.15, 0.2) is 0 Å². The summed E-state index contributed by atoms with van der Waals surface area (Å²) in [7, 11) is 1.52. The lowest BCUT2D eigenvalue weighted by molar-refractivity contribution is -0.140. The number of rotatable bonds is 27. The lowest BCUT2D eigenvalue weighted by Gasteiger charge is -2.11. The molecule has 0 aliphatic rings. The highest BCUT2D eigenvalue weighted by molar-refractivity contribution is 5.78. The molecule has 0 aliphatic carbocycles. The number of ether oxygens (including phenoxy) is 4. The summed E-state index contributed by atoms with van der Waals surface area (Å²) in [6, 6.07) is -1.65. The number of unbranched alkanes of at least 4 members (excludes halogenated alkanes) is 1. The summed E-state index contributed by atoms with van der Waals surface area (Å²) in [6.45, 7) is 2.15. The van der Waals surface area contributed by atoms with Crippen LogP contribution in [0.3, 0.4) is 0 Å². The molecule has 0 aromatic rings. The van der Waals surface area contributed by atoms with Gasteiger partial charge in [0.05, 0.1) is 39.6 Å². The molecule has 0 fully saturated rings. The van der Waals surface area contributed by atoms with Crippen molar-refractivity contribution in [1.82, 2.24) is 21.3 Å². The van der Waals surface area contributed by atoms with Crippen LogP contribution in [0.4, 0.5) is 0 Å². The summed E-state index contributed by atoms with van der Waals surface area (Å²) in [4.78, 5) is 56.5. The van der Waals surface area contributed by atoms with Gasteiger partial charge in [0, 0.05) is 26.1 Å². The number of carbonyl (C=O) groups excluding carboxylic acids is 3. The Morgan fingerprint density at radius 2 is 1.15 bits per heavy atom. The first-order chi connectivity index (χ1) is 19.2. The zero-order chi connectivity index (χ0) is 30.0. The third kappa shape index (κ3) is 23.0. The van der Waals surface area contributed by atoms with E-state index >= 15 is 0 Å². The molecule has 0 bridgehead atoms. The zero-order valence-corrected chi connectivity index (χ0v) is 23.1. The summed E-state index contributed by atoms with van der Waals surface area (Å²) in [5.41, 5.74) is 5.40. The maximum atomic E-state index is 11.7. The first-order valence-corrected chi connectivity index (χ1v) is 13.2. The fourth-order valence-corrected chi connectivity index (χ4v) is 2.99. The highest BCUT2D eigenvalue weighted by Crippen LogP contribution is 1.98. The molecule has 232 valence electrons. The Morgan fingerprint density at radius 1 is 0.650 bits per heavy atom. The minimum atomic E-state index is -1.04. The fourth-order valence-electron chi connectivity index (χ4n) is 2.99. The molecule has 3 amide bonds. The third-order valence-corrected chi connectivity index (χ3v) is 5.24. The smallest absolute Gasteiger partial charge is 0.320 e. The van der Waals surface area contributed by atoms with Gasteiger partial charge in [-0.1, -0.05) is 0 Å². The van der Waals surface area contributed by atoms with Gasteiger partial charge in [0.1, 0.15) is 25.3 Å². The Labute approximate surface area is 234 Å². The molecular formula is C24H45N5O11. The van der Waals surface area contributed by atoms with E-state index in [1.54, 1.807) is 0 Å². The van der Waals surface area contributed by atoms with E-state index in [2.05, 4.69) is 21.3 Å². The first-order valence-electron chi connectivity index (χ1n) is 13.2. The second-order valence-corrected chi connectivity index (χ2v) is 8.54. The number of hydrogen-bond acceptors (Lipinski definition) is 11. The van der Waals surface area contributed by atoms with Crippen molar-refractivity contribution >= 4 is 29.7 Å². The molecule has 0 aromatic heterocycles. The van der Waals surface area contributed by atoms with Crippen molar-refractivity contribution in [3.8, 4) is 0 Å². The van der Waals surface area contributed by atoms with Gasteiger partial charge in [-0.15, -0.1) is 0 Å². The Kier molecular flexibility index (Phi) is 23.3. The van der Waals surface area contributed by atoms with Gasteiger partial charge < -0.3 is 56.2 Å². The minimum Gasteiger partial charge on any atom is -0.480 e. The van der Waals surface area contributed by atoms with E-state index in [9.17, 15) is 24.0 Å². The molecule has 0 spiro atoms. The third-order valence-electron chi connectivity index (χ3n) is 5.24. The van der Waals surface area contributed by atoms with Crippen LogP contribution in [0.1, 0.15) is 32.1 Å². The number of carboxylic acid groups (broad SMARTS) is 2. The van der Waals surface area contributed by atoms with Gasteiger partial charge in [0.15, 0.2) is 0 Å². The summed E-state index contributed by atoms with van der Waals surface area (Å²) in [5.74, 6) is -2.89. The highest BCUT2D eigenvalue weighted by atomic mass is 16.5. The molecule has 0 saturated carbocycles. The van der Waals surface area contributed by atoms with Gasteiger partial charge in [0.25, 0.3) is 0 Å². The van der Waals surface area contributed by atoms with Gasteiger partial charge >= 0.3 is 11.9 Å². The predicted octanol–water partition coefficient (Wildman–Crippen LogP) is -2.56. The second-order valence-electron chi connectivity index (χ2n) is 8.54. The van der Waals surface area contributed by atoms with Gasteiger partial charge in [-0.05, 0) is 32.7 Å². The standard InChI is InChI=1S/C24H45N5O11/c1-26-19(24(35)36)5-6-20(30)28-8-10-37-12-15-40-17-22(32)29-9-11-38-13-14-39-16-21(31)27-7-3-2-4-18(25)23(33)34/h18-19,26H,2-17,25H2,1H3,(H,27,31)(H,28,30)(H,29,32)(H,33,34)(H,35,36)/t18-,19-/m0/s1. The maximum Gasteiger partial charge on any atom is 0.320 e. The number of carboxylic acids is 2. The lowest BCUT2D eigenvalue weighted by Crippen LogP contribution is -2.36. The normalized spacial score (nSPS) is 12.3. The van der Waals surface area contributed by atoms with Crippen LogP contribution in [0.5, 0.6) is 0 Å². The van der Waals surface area contributed by atoms with Crippen LogP contribution < -0.4 is 27.0 Å². The molecule has 40 heavy (non-hydrogen) atoms. The van der Waals surface area contributed by atoms with E-state index in [0.717, 1.165) is 0 Å². The van der Waals surface area contributed by atoms with Gasteiger partial charge in [-0.25, -0.2) is 0 Å². The average molecular weight is 580 g/mol. The monoisotopic (exact) mass is 579 g/mol. The molecule has 0 radical (unpaired) electrons. The van der Waals surface area contributed by atoms with Gasteiger partial charge in [0.2, 0.25) is 17.7 Å². The van der Waals surface area contributed by atoms with Crippen LogP contribution in [0.25, 0.3) is 0 Å². The molecule has 8 N–H and O–H groups in total. The fraction of sp³-hybridized carbons (Fsp3) is 0.792. The van der Waals surface area contributed by atoms with Crippen LogP contribution in [-0.4, -0.2) is 131 Å². The quantitative estimate of drug-likeness (QED) is 0.0496. The van der Waals surface area contributed by atoms with Crippen LogP contribution in [0.2, 0.25) is 0 Å². The molecule has 0 saturated heterocycles. The van der Waals surface area contributed by atoms with Gasteiger partial charge in [-0.2, -0.15) is 0 Å². The van der Waals surface area contributed by atoms with E-state index in [1.165, 1.54) is 7.05 Å². The molecule has 2 atom stereocenters. The van der Waals surface area contributed by atoms with Gasteiger partial charge in [-0.3, -0.25) is 24.0 Å². The topological polar surface area (TPSA) is 237 Å². The van der Waals surface area contributed by atoms with E-state index in [0.29, 0.717) is 25.8 Å². The molecule has 16 heteroatoms. The van der Waals surface area contributed by atoms with Crippen molar-refractivity contribution in [2.24, 2.45) is 5.73 Å². The summed E-state index contributed by atoms with van der Waals surface area (Å²) < 4.78 is 21.0. The van der Waals surface area contributed by atoms with Crippen LogP contribution >= 0.6 is 0 Å². The Morgan fingerprint density at radius 3 is 1.65 bits per heavy atom. The number of carbonyl (C=O) groups is 5. The van der Waals surface area contributed by atoms with Crippen molar-refractivity contribution in [3.63, 3.8) is 0 Å². The highest BCUT2D eigenvalue weighted by Gasteiger charge is 2.16. The molecule has 0 aromatic carbocycles. The van der Waals surface area contributed by atoms with Crippen molar-refractivity contribution < 1.29 is 53.1 Å². The number of hydrogen-bond donors (Lipinski definition) is 7. The van der Waals surface area contributed by atoms with E-state index in [4.69, 9.17) is 34.9 Å². The Bertz CT molecular complexity index is 742. The van der Waals surface area contributed by atoms with Crippen molar-refractivity contribution in [2.75, 3.05) is 79.5 Å². The molecule has 0 heterocycles. The Balaban J connectivity index is 3.44. The number of nitrogens with one attached hydrogen (secondary N) is 4. The lowest BCUT2D eigenvalue weighted by atomic mass is 10.1. The second kappa shape index (κ2) is 25.1. The molecule has 0 aliphatic heterocycles. The van der Waals surface area contributed by atoms with Crippen molar-refractivity contribution in [3.05, 3.63) is 0 Å². The average Bonchev–Trinajstić information content (AvgIpc) is 2.91. The predicted molar refractivity (Wildman–Crippen MR) is 141 cm³/mol.